The topological polar surface area (TPSA) is 115 Å². The first-order valence-corrected chi connectivity index (χ1v) is 14.1. The predicted octanol–water partition coefficient (Wildman–Crippen LogP) is 6.88. The van der Waals surface area contributed by atoms with Crippen molar-refractivity contribution < 1.29 is 38.5 Å². The Morgan fingerprint density at radius 2 is 1.63 bits per heavy atom. The van der Waals surface area contributed by atoms with E-state index in [2.05, 4.69) is 0 Å². The molecule has 0 aliphatic heterocycles. The fourth-order valence-electron chi connectivity index (χ4n) is 4.83. The van der Waals surface area contributed by atoms with E-state index in [1.807, 2.05) is 65.4 Å². The molecule has 43 heavy (non-hydrogen) atoms. The summed E-state index contributed by atoms with van der Waals surface area (Å²) in [6.07, 6.45) is 7.51. The highest BCUT2D eigenvalue weighted by Crippen LogP contribution is 2.28. The van der Waals surface area contributed by atoms with Crippen molar-refractivity contribution in [3.05, 3.63) is 94.9 Å². The zero-order chi connectivity index (χ0) is 30.8. The first-order chi connectivity index (χ1) is 20.7. The van der Waals surface area contributed by atoms with Crippen LogP contribution in [-0.4, -0.2) is 45.7 Å². The summed E-state index contributed by atoms with van der Waals surface area (Å²) in [4.78, 5) is 34.2. The van der Waals surface area contributed by atoms with E-state index in [-0.39, 0.29) is 24.2 Å². The zero-order valence-electron chi connectivity index (χ0n) is 23.9. The van der Waals surface area contributed by atoms with E-state index in [0.29, 0.717) is 43.9 Å². The van der Waals surface area contributed by atoms with Crippen molar-refractivity contribution >= 4 is 40.8 Å². The number of rotatable bonds is 16. The van der Waals surface area contributed by atoms with Crippen LogP contribution in [0.5, 0.6) is 11.5 Å². The summed E-state index contributed by atoms with van der Waals surface area (Å²) < 4.78 is 26.8. The number of hydrogen-bond donors (Lipinski definition) is 2. The molecule has 0 saturated heterocycles. The number of carboxylic acids is 2. The maximum atomic E-state index is 13.4. The molecule has 2 N–H and O–H groups in total. The van der Waals surface area contributed by atoms with Crippen molar-refractivity contribution in [3.63, 3.8) is 0 Å². The molecule has 0 aliphatic rings. The van der Waals surface area contributed by atoms with Crippen molar-refractivity contribution in [2.75, 3.05) is 13.2 Å². The van der Waals surface area contributed by atoms with Gasteiger partial charge >= 0.3 is 11.9 Å². The highest BCUT2D eigenvalue weighted by molar-refractivity contribution is 5.97. The number of fused-ring (bicyclic) bond motifs is 1. The third-order valence-corrected chi connectivity index (χ3v) is 6.87. The normalized spacial score (nSPS) is 11.2. The lowest BCUT2D eigenvalue weighted by Gasteiger charge is -2.10. The van der Waals surface area contributed by atoms with Gasteiger partial charge in [-0.25, -0.2) is 4.39 Å². The average Bonchev–Trinajstić information content (AvgIpc) is 3.31. The Morgan fingerprint density at radius 3 is 2.33 bits per heavy atom. The Morgan fingerprint density at radius 1 is 0.884 bits per heavy atom. The first kappa shape index (κ1) is 31.0. The summed E-state index contributed by atoms with van der Waals surface area (Å²) >= 11 is 0. The summed E-state index contributed by atoms with van der Waals surface area (Å²) in [6.45, 7) is 2.73. The number of carboxylic acid groups (broad SMARTS) is 2. The third kappa shape index (κ3) is 8.78. The van der Waals surface area contributed by atoms with Crippen LogP contribution < -0.4 is 9.47 Å². The lowest BCUT2D eigenvalue weighted by molar-refractivity contribution is -0.137. The van der Waals surface area contributed by atoms with E-state index in [1.54, 1.807) is 0 Å². The summed E-state index contributed by atoms with van der Waals surface area (Å²) in [7, 11) is 0. The van der Waals surface area contributed by atoms with Crippen molar-refractivity contribution in [2.24, 2.45) is 0 Å². The summed E-state index contributed by atoms with van der Waals surface area (Å²) in [5, 5.41) is 19.3. The monoisotopic (exact) mass is 587 g/mol. The van der Waals surface area contributed by atoms with Crippen LogP contribution in [0.1, 0.15) is 59.7 Å². The van der Waals surface area contributed by atoms with E-state index in [0.717, 1.165) is 34.2 Å². The standard InChI is InChI=1S/C34H34FNO7/c1-23(37)29-21-27(35)13-16-31(29)43-19-3-2-18-42-28-14-10-24(11-15-28)9-12-25-6-4-7-30-34(25)26(20-33(40)41)22-36(30)17-5-8-32(38)39/h4,6-7,9-16,21-22H,2-3,5,8,17-20H2,1H3,(H,38,39)(H,40,41). The molecular weight excluding hydrogens is 553 g/mol. The largest absolute Gasteiger partial charge is 0.494 e. The number of aromatic nitrogens is 1. The van der Waals surface area contributed by atoms with Gasteiger partial charge in [-0.1, -0.05) is 36.4 Å². The van der Waals surface area contributed by atoms with E-state index in [4.69, 9.17) is 14.6 Å². The molecule has 4 aromatic rings. The highest BCUT2D eigenvalue weighted by atomic mass is 19.1. The summed E-state index contributed by atoms with van der Waals surface area (Å²) in [5.74, 6) is -1.42. The van der Waals surface area contributed by atoms with Gasteiger partial charge in [0, 0.05) is 30.1 Å². The number of hydrogen-bond acceptors (Lipinski definition) is 5. The van der Waals surface area contributed by atoms with Crippen LogP contribution in [0.3, 0.4) is 0 Å². The molecule has 0 saturated carbocycles. The second kappa shape index (κ2) is 14.8. The van der Waals surface area contributed by atoms with Gasteiger partial charge in [0.1, 0.15) is 17.3 Å². The Bertz CT molecular complexity index is 1620. The molecule has 0 spiro atoms. The van der Waals surface area contributed by atoms with Gasteiger partial charge in [0.25, 0.3) is 0 Å². The van der Waals surface area contributed by atoms with Gasteiger partial charge in [-0.3, -0.25) is 14.4 Å². The van der Waals surface area contributed by atoms with E-state index < -0.39 is 17.8 Å². The fourth-order valence-corrected chi connectivity index (χ4v) is 4.83. The quantitative estimate of drug-likeness (QED) is 0.0834. The van der Waals surface area contributed by atoms with Crippen LogP contribution in [0.2, 0.25) is 0 Å². The lowest BCUT2D eigenvalue weighted by Crippen LogP contribution is -2.05. The molecule has 0 fully saturated rings. The number of ketones is 1. The molecule has 3 aromatic carbocycles. The van der Waals surface area contributed by atoms with Crippen molar-refractivity contribution in [2.45, 2.75) is 45.6 Å². The van der Waals surface area contributed by atoms with Gasteiger partial charge in [-0.15, -0.1) is 0 Å². The highest BCUT2D eigenvalue weighted by Gasteiger charge is 2.14. The second-order valence-electron chi connectivity index (χ2n) is 10.2. The number of ether oxygens (including phenoxy) is 2. The number of benzene rings is 3. The van der Waals surface area contributed by atoms with Gasteiger partial charge in [0.2, 0.25) is 0 Å². The van der Waals surface area contributed by atoms with Gasteiger partial charge < -0.3 is 24.3 Å². The Balaban J connectivity index is 1.33. The van der Waals surface area contributed by atoms with Crippen LogP contribution in [-0.2, 0) is 22.6 Å². The van der Waals surface area contributed by atoms with Crippen LogP contribution in [0.25, 0.3) is 23.1 Å². The average molecular weight is 588 g/mol. The molecule has 9 heteroatoms. The molecule has 0 unspecified atom stereocenters. The molecule has 1 heterocycles. The molecule has 224 valence electrons. The number of unbranched alkanes of at least 4 members (excludes halogenated alkanes) is 1. The number of aryl methyl sites for hydroxylation is 1. The lowest BCUT2D eigenvalue weighted by atomic mass is 10.0. The number of carbonyl (C=O) groups excluding carboxylic acids is 1. The molecule has 1 aromatic heterocycles. The Kier molecular flexibility index (Phi) is 10.7. The maximum Gasteiger partial charge on any atom is 0.307 e. The fraction of sp³-hybridized carbons (Fsp3) is 0.265. The van der Waals surface area contributed by atoms with Crippen molar-refractivity contribution in [3.8, 4) is 11.5 Å². The van der Waals surface area contributed by atoms with Crippen molar-refractivity contribution in [1.29, 1.82) is 0 Å². The summed E-state index contributed by atoms with van der Waals surface area (Å²) in [6, 6.07) is 17.3. The van der Waals surface area contributed by atoms with Gasteiger partial charge in [0.05, 0.1) is 25.2 Å². The molecule has 0 amide bonds. The zero-order valence-corrected chi connectivity index (χ0v) is 23.9. The SMILES string of the molecule is CC(=O)c1cc(F)ccc1OCCCCOc1ccc(C=Cc2cccc3c2c(CC(=O)O)cn3CCCC(=O)O)cc1. The van der Waals surface area contributed by atoms with Gasteiger partial charge in [0.15, 0.2) is 5.78 Å². The molecule has 4 rings (SSSR count). The predicted molar refractivity (Wildman–Crippen MR) is 162 cm³/mol. The summed E-state index contributed by atoms with van der Waals surface area (Å²) in [5.41, 5.74) is 3.61. The minimum absolute atomic E-state index is 0.0438. The van der Waals surface area contributed by atoms with Gasteiger partial charge in [-0.2, -0.15) is 0 Å². The third-order valence-electron chi connectivity index (χ3n) is 6.87. The van der Waals surface area contributed by atoms with E-state index in [1.165, 1.54) is 25.1 Å². The Hall–Kier alpha value is -4.92. The van der Waals surface area contributed by atoms with Crippen LogP contribution in [0.15, 0.2) is 66.9 Å². The van der Waals surface area contributed by atoms with Crippen LogP contribution >= 0.6 is 0 Å². The Labute approximate surface area is 249 Å². The molecule has 0 aliphatic carbocycles. The molecular formula is C34H34FNO7. The minimum Gasteiger partial charge on any atom is -0.494 e. The van der Waals surface area contributed by atoms with E-state index in [9.17, 15) is 23.9 Å². The minimum atomic E-state index is -0.929. The maximum absolute atomic E-state index is 13.4. The van der Waals surface area contributed by atoms with Crippen LogP contribution in [0, 0.1) is 5.82 Å². The number of Topliss-reactive ketones (excluding diaryl/α,β-unsaturated/α-hetero) is 1. The van der Waals surface area contributed by atoms with Crippen LogP contribution in [0.4, 0.5) is 4.39 Å². The number of halogens is 1. The van der Waals surface area contributed by atoms with Gasteiger partial charge in [-0.05, 0) is 79.3 Å². The molecule has 8 nitrogen and oxygen atoms in total. The molecule has 0 bridgehead atoms. The molecule has 0 atom stereocenters. The number of nitrogens with zero attached hydrogens (tertiary/aromatic N) is 1. The number of carbonyl (C=O) groups is 3. The van der Waals surface area contributed by atoms with Crippen molar-refractivity contribution in [1.82, 2.24) is 4.57 Å². The van der Waals surface area contributed by atoms with E-state index >= 15 is 0 Å². The first-order valence-electron chi connectivity index (χ1n) is 14.1. The smallest absolute Gasteiger partial charge is 0.307 e. The second-order valence-corrected chi connectivity index (χ2v) is 10.2. The molecule has 0 radical (unpaired) electrons. The number of aliphatic carboxylic acids is 2.